The topological polar surface area (TPSA) is 89.0 Å². The van der Waals surface area contributed by atoms with E-state index in [1.54, 1.807) is 18.2 Å². The minimum absolute atomic E-state index is 0.0272. The molecule has 0 bridgehead atoms. The molecule has 0 aliphatic rings. The monoisotopic (exact) mass is 377 g/mol. The number of allylic oxidation sites excluding steroid dienone is 1. The molecule has 0 saturated carbocycles. The molecule has 134 valence electrons. The molecule has 3 rings (SSSR count). The second-order valence-corrected chi connectivity index (χ2v) is 6.34. The Morgan fingerprint density at radius 1 is 1.30 bits per heavy atom. The number of hydrogen-bond donors (Lipinski definition) is 0. The minimum Gasteiger partial charge on any atom is -0.493 e. The van der Waals surface area contributed by atoms with Crippen molar-refractivity contribution in [1.82, 2.24) is 4.98 Å². The van der Waals surface area contributed by atoms with Gasteiger partial charge in [0.05, 0.1) is 22.8 Å². The lowest BCUT2D eigenvalue weighted by molar-refractivity contribution is -0.384. The van der Waals surface area contributed by atoms with Crippen LogP contribution in [0.1, 0.15) is 17.5 Å². The summed E-state index contributed by atoms with van der Waals surface area (Å²) in [5, 5.41) is 22.7. The van der Waals surface area contributed by atoms with E-state index >= 15 is 0 Å². The molecule has 0 saturated heterocycles. The van der Waals surface area contributed by atoms with Crippen LogP contribution < -0.4 is 4.74 Å². The summed E-state index contributed by atoms with van der Waals surface area (Å²) in [5.41, 5.74) is 2.70. The Balaban J connectivity index is 1.92. The van der Waals surface area contributed by atoms with Gasteiger partial charge in [0.2, 0.25) is 0 Å². The molecule has 0 aliphatic carbocycles. The molecule has 6 nitrogen and oxygen atoms in total. The highest BCUT2D eigenvalue weighted by atomic mass is 32.1. The lowest BCUT2D eigenvalue weighted by Gasteiger charge is -2.06. The average molecular weight is 377 g/mol. The van der Waals surface area contributed by atoms with Gasteiger partial charge in [-0.3, -0.25) is 10.1 Å². The average Bonchev–Trinajstić information content (AvgIpc) is 3.17. The predicted octanol–water partition coefficient (Wildman–Crippen LogP) is 5.18. The number of para-hydroxylation sites is 1. The third kappa shape index (κ3) is 4.19. The quantitative estimate of drug-likeness (QED) is 0.335. The third-order valence-electron chi connectivity index (χ3n) is 3.75. The first kappa shape index (κ1) is 18.3. The van der Waals surface area contributed by atoms with Gasteiger partial charge in [-0.15, -0.1) is 11.3 Å². The molecule has 0 atom stereocenters. The van der Waals surface area contributed by atoms with Gasteiger partial charge < -0.3 is 4.74 Å². The van der Waals surface area contributed by atoms with E-state index in [1.165, 1.54) is 23.5 Å². The first-order valence-corrected chi connectivity index (χ1v) is 9.04. The standard InChI is InChI=1S/C20H15N3O3S/c1-2-26-19-6-4-3-5-15(19)11-16(12-21)20-22-18(13-27-20)14-7-9-17(10-8-14)23(24)25/h3-11,13H,2H2,1H3/b16-11+. The van der Waals surface area contributed by atoms with Crippen molar-refractivity contribution in [3.63, 3.8) is 0 Å². The first-order chi connectivity index (χ1) is 13.1. The van der Waals surface area contributed by atoms with Crippen molar-refractivity contribution in [2.45, 2.75) is 6.92 Å². The number of benzene rings is 2. The number of nitro benzene ring substituents is 1. The van der Waals surface area contributed by atoms with Crippen LogP contribution in [0.5, 0.6) is 5.75 Å². The Labute approximate surface area is 160 Å². The smallest absolute Gasteiger partial charge is 0.269 e. The van der Waals surface area contributed by atoms with E-state index in [2.05, 4.69) is 11.1 Å². The second kappa shape index (κ2) is 8.25. The molecule has 0 fully saturated rings. The van der Waals surface area contributed by atoms with Crippen LogP contribution in [-0.2, 0) is 0 Å². The summed E-state index contributed by atoms with van der Waals surface area (Å²) in [6, 6.07) is 15.9. The fourth-order valence-corrected chi connectivity index (χ4v) is 3.26. The molecule has 0 aliphatic heterocycles. The highest BCUT2D eigenvalue weighted by molar-refractivity contribution is 7.11. The highest BCUT2D eigenvalue weighted by Crippen LogP contribution is 2.30. The number of hydrogen-bond acceptors (Lipinski definition) is 6. The summed E-state index contributed by atoms with van der Waals surface area (Å²) >= 11 is 1.35. The van der Waals surface area contributed by atoms with E-state index in [4.69, 9.17) is 4.74 Å². The molecule has 0 unspecified atom stereocenters. The number of nitriles is 1. The number of aromatic nitrogens is 1. The number of nitro groups is 1. The van der Waals surface area contributed by atoms with Crippen LogP contribution in [0.15, 0.2) is 53.9 Å². The van der Waals surface area contributed by atoms with E-state index in [-0.39, 0.29) is 5.69 Å². The van der Waals surface area contributed by atoms with E-state index in [1.807, 2.05) is 36.6 Å². The molecule has 1 heterocycles. The van der Waals surface area contributed by atoms with Gasteiger partial charge >= 0.3 is 0 Å². The minimum atomic E-state index is -0.442. The van der Waals surface area contributed by atoms with Crippen LogP contribution in [0.4, 0.5) is 5.69 Å². The van der Waals surface area contributed by atoms with Crippen molar-refractivity contribution >= 4 is 28.7 Å². The van der Waals surface area contributed by atoms with Crippen molar-refractivity contribution in [2.24, 2.45) is 0 Å². The number of non-ortho nitro benzene ring substituents is 1. The Morgan fingerprint density at radius 2 is 2.04 bits per heavy atom. The second-order valence-electron chi connectivity index (χ2n) is 5.48. The molecule has 2 aromatic carbocycles. The molecule has 7 heteroatoms. The lowest BCUT2D eigenvalue weighted by atomic mass is 10.1. The van der Waals surface area contributed by atoms with Gasteiger partial charge in [-0.25, -0.2) is 4.98 Å². The van der Waals surface area contributed by atoms with Crippen LogP contribution in [0, 0.1) is 21.4 Å². The molecule has 0 N–H and O–H groups in total. The van der Waals surface area contributed by atoms with Gasteiger partial charge in [0.15, 0.2) is 0 Å². The van der Waals surface area contributed by atoms with Crippen molar-refractivity contribution in [3.8, 4) is 23.1 Å². The lowest BCUT2D eigenvalue weighted by Crippen LogP contribution is -1.93. The summed E-state index contributed by atoms with van der Waals surface area (Å²) in [6.07, 6.45) is 1.75. The number of ether oxygens (including phenoxy) is 1. The highest BCUT2D eigenvalue weighted by Gasteiger charge is 2.12. The maximum Gasteiger partial charge on any atom is 0.269 e. The molecule has 0 spiro atoms. The van der Waals surface area contributed by atoms with Crippen LogP contribution in [-0.4, -0.2) is 16.5 Å². The van der Waals surface area contributed by atoms with Crippen LogP contribution in [0.3, 0.4) is 0 Å². The van der Waals surface area contributed by atoms with Crippen molar-refractivity contribution < 1.29 is 9.66 Å². The fraction of sp³-hybridized carbons (Fsp3) is 0.100. The summed E-state index contributed by atoms with van der Waals surface area (Å²) in [5.74, 6) is 0.708. The SMILES string of the molecule is CCOc1ccccc1/C=C(\C#N)c1nc(-c2ccc([N+](=O)[O-])cc2)cs1. The summed E-state index contributed by atoms with van der Waals surface area (Å²) in [4.78, 5) is 14.8. The predicted molar refractivity (Wildman–Crippen MR) is 105 cm³/mol. The zero-order valence-corrected chi connectivity index (χ0v) is 15.3. The van der Waals surface area contributed by atoms with Gasteiger partial charge in [-0.05, 0) is 31.2 Å². The number of nitrogens with zero attached hydrogens (tertiary/aromatic N) is 3. The van der Waals surface area contributed by atoms with Gasteiger partial charge in [-0.1, -0.05) is 18.2 Å². The van der Waals surface area contributed by atoms with Gasteiger partial charge in [0.25, 0.3) is 5.69 Å². The normalized spacial score (nSPS) is 11.0. The van der Waals surface area contributed by atoms with E-state index in [0.29, 0.717) is 28.6 Å². The maximum atomic E-state index is 10.8. The number of rotatable bonds is 6. The van der Waals surface area contributed by atoms with Crippen LogP contribution in [0.2, 0.25) is 0 Å². The molecule has 1 aromatic heterocycles. The van der Waals surface area contributed by atoms with Crippen molar-refractivity contribution in [1.29, 1.82) is 5.26 Å². The zero-order chi connectivity index (χ0) is 19.2. The molecular weight excluding hydrogens is 362 g/mol. The van der Waals surface area contributed by atoms with Gasteiger partial charge in [-0.2, -0.15) is 5.26 Å². The van der Waals surface area contributed by atoms with Crippen LogP contribution >= 0.6 is 11.3 Å². The molecule has 27 heavy (non-hydrogen) atoms. The molecule has 3 aromatic rings. The maximum absolute atomic E-state index is 10.8. The van der Waals surface area contributed by atoms with Crippen molar-refractivity contribution in [2.75, 3.05) is 6.61 Å². The van der Waals surface area contributed by atoms with Crippen molar-refractivity contribution in [3.05, 3.63) is 74.6 Å². The Kier molecular flexibility index (Phi) is 5.59. The summed E-state index contributed by atoms with van der Waals surface area (Å²) in [6.45, 7) is 2.44. The Bertz CT molecular complexity index is 1030. The Morgan fingerprint density at radius 3 is 2.70 bits per heavy atom. The zero-order valence-electron chi connectivity index (χ0n) is 14.5. The molecule has 0 amide bonds. The number of thiazole rings is 1. The van der Waals surface area contributed by atoms with Gasteiger partial charge in [0.1, 0.15) is 16.8 Å². The first-order valence-electron chi connectivity index (χ1n) is 8.16. The molecular formula is C20H15N3O3S. The summed E-state index contributed by atoms with van der Waals surface area (Å²) < 4.78 is 5.60. The van der Waals surface area contributed by atoms with E-state index in [0.717, 1.165) is 11.1 Å². The van der Waals surface area contributed by atoms with E-state index < -0.39 is 4.92 Å². The van der Waals surface area contributed by atoms with Gasteiger partial charge in [0, 0.05) is 28.6 Å². The van der Waals surface area contributed by atoms with E-state index in [9.17, 15) is 15.4 Å². The Hall–Kier alpha value is -3.50. The largest absolute Gasteiger partial charge is 0.493 e. The fourth-order valence-electron chi connectivity index (χ4n) is 2.47. The molecule has 0 radical (unpaired) electrons. The third-order valence-corrected chi connectivity index (χ3v) is 4.62. The van der Waals surface area contributed by atoms with Crippen LogP contribution in [0.25, 0.3) is 22.9 Å². The summed E-state index contributed by atoms with van der Waals surface area (Å²) in [7, 11) is 0.